The lowest BCUT2D eigenvalue weighted by molar-refractivity contribution is -0.137. The number of ether oxygens (including phenoxy) is 1. The first-order chi connectivity index (χ1) is 26.1. The molecule has 0 aromatic heterocycles. The summed E-state index contributed by atoms with van der Waals surface area (Å²) in [5.74, 6) is 2.90. The second kappa shape index (κ2) is 24.2. The van der Waals surface area contributed by atoms with Crippen LogP contribution in [0, 0.1) is 43.9 Å². The number of benzene rings is 1. The van der Waals surface area contributed by atoms with Gasteiger partial charge in [-0.05, 0) is 94.2 Å². The van der Waals surface area contributed by atoms with Gasteiger partial charge in [-0.2, -0.15) is 0 Å². The predicted octanol–water partition coefficient (Wildman–Crippen LogP) is 5.52. The number of phenols is 1. The average Bonchev–Trinajstić information content (AvgIpc) is 3.44. The van der Waals surface area contributed by atoms with Crippen LogP contribution in [-0.2, 0) is 16.0 Å². The van der Waals surface area contributed by atoms with Gasteiger partial charge in [0.25, 0.3) is 5.91 Å². The van der Waals surface area contributed by atoms with Gasteiger partial charge in [-0.25, -0.2) is 9.59 Å². The molecule has 2 aliphatic rings. The standard InChI is InChI=1S/C29H50O2.C9H19NO4.C4H6N4O3/c1-20(2)12-9-13-21(3)14-10-15-22(4)16-11-18-29(8)19-17-26-25(7)27(30)23(5)24(6)28(26)31-29;1-9(2,6-12)7(13)8(14)10-4-3-5-11;5-3(10)6-1-2(9)8-4(11)7-1/h20-22,30H,9-19H2,1-8H3;7,11-13H,3-6H2,1-2H3,(H,10,14);1H,(H3,5,6,10)(H2,7,8,9,11)/t21-,22-,29-;;/m1../s1. The van der Waals surface area contributed by atoms with Gasteiger partial charge in [-0.15, -0.1) is 0 Å². The fourth-order valence-corrected chi connectivity index (χ4v) is 6.76. The third kappa shape index (κ3) is 17.3. The third-order valence-corrected chi connectivity index (χ3v) is 11.0. The maximum atomic E-state index is 11.3. The molecule has 14 heteroatoms. The van der Waals surface area contributed by atoms with Crippen LogP contribution in [0.1, 0.15) is 141 Å². The second-order valence-corrected chi connectivity index (χ2v) is 17.3. The van der Waals surface area contributed by atoms with Crippen LogP contribution >= 0.6 is 0 Å². The fraction of sp³-hybridized carbons (Fsp3) is 0.762. The molecular formula is C42H75N5O9. The summed E-state index contributed by atoms with van der Waals surface area (Å²) < 4.78 is 6.60. The predicted molar refractivity (Wildman–Crippen MR) is 219 cm³/mol. The van der Waals surface area contributed by atoms with Gasteiger partial charge >= 0.3 is 12.1 Å². The van der Waals surface area contributed by atoms with Crippen LogP contribution in [0.15, 0.2) is 0 Å². The minimum Gasteiger partial charge on any atom is -0.507 e. The molecule has 14 nitrogen and oxygen atoms in total. The number of primary amides is 1. The Morgan fingerprint density at radius 1 is 0.929 bits per heavy atom. The van der Waals surface area contributed by atoms with Crippen molar-refractivity contribution >= 4 is 23.9 Å². The van der Waals surface area contributed by atoms with Crippen molar-refractivity contribution in [3.63, 3.8) is 0 Å². The summed E-state index contributed by atoms with van der Waals surface area (Å²) in [6, 6.07) is -1.51. The molecule has 6 amide bonds. The van der Waals surface area contributed by atoms with Gasteiger partial charge in [-0.3, -0.25) is 14.9 Å². The Labute approximate surface area is 335 Å². The lowest BCUT2D eigenvalue weighted by Gasteiger charge is -2.38. The van der Waals surface area contributed by atoms with Gasteiger partial charge in [0.1, 0.15) is 23.2 Å². The SMILES string of the molecule is CC(C)(CO)C(O)C(=O)NCCCO.Cc1c(C)c2c(c(C)c1O)CC[C@@](C)(CCC[C@H](C)CCC[C@H](C)CCCC(C)C)O2.NC(=O)NC1NC(=O)NC1=O. The molecule has 1 fully saturated rings. The summed E-state index contributed by atoms with van der Waals surface area (Å²) in [7, 11) is 0. The number of aromatic hydroxyl groups is 1. The Kier molecular flexibility index (Phi) is 21.8. The van der Waals surface area contributed by atoms with E-state index in [-0.39, 0.29) is 18.8 Å². The van der Waals surface area contributed by atoms with E-state index < -0.39 is 41.6 Å². The number of amides is 6. The Morgan fingerprint density at radius 2 is 1.50 bits per heavy atom. The molecule has 1 aromatic rings. The maximum Gasteiger partial charge on any atom is 0.323 e. The molecule has 3 rings (SSSR count). The molecule has 2 heterocycles. The van der Waals surface area contributed by atoms with E-state index in [1.807, 2.05) is 24.5 Å². The van der Waals surface area contributed by atoms with Crippen LogP contribution in [0.3, 0.4) is 0 Å². The van der Waals surface area contributed by atoms with Crippen molar-refractivity contribution in [3.05, 3.63) is 22.3 Å². The monoisotopic (exact) mass is 794 g/mol. The lowest BCUT2D eigenvalue weighted by Crippen LogP contribution is -2.48. The number of hydrogen-bond donors (Lipinski definition) is 9. The number of carbonyl (C=O) groups excluding carboxylic acids is 4. The van der Waals surface area contributed by atoms with E-state index in [4.69, 9.17) is 20.7 Å². The number of rotatable bonds is 19. The van der Waals surface area contributed by atoms with Gasteiger partial charge in [0, 0.05) is 24.1 Å². The average molecular weight is 794 g/mol. The highest BCUT2D eigenvalue weighted by atomic mass is 16.5. The molecular weight excluding hydrogens is 718 g/mol. The van der Waals surface area contributed by atoms with Crippen LogP contribution in [0.5, 0.6) is 11.5 Å². The number of urea groups is 2. The normalized spacial score (nSPS) is 19.1. The topological polar surface area (TPSA) is 233 Å². The van der Waals surface area contributed by atoms with Crippen molar-refractivity contribution in [2.24, 2.45) is 28.9 Å². The summed E-state index contributed by atoms with van der Waals surface area (Å²) in [5.41, 5.74) is 8.08. The van der Waals surface area contributed by atoms with Crippen molar-refractivity contribution in [3.8, 4) is 11.5 Å². The highest BCUT2D eigenvalue weighted by Crippen LogP contribution is 2.44. The molecule has 56 heavy (non-hydrogen) atoms. The number of carbonyl (C=O) groups is 4. The van der Waals surface area contributed by atoms with Gasteiger partial charge in [-0.1, -0.05) is 86.5 Å². The van der Waals surface area contributed by atoms with Crippen molar-refractivity contribution in [2.45, 2.75) is 164 Å². The van der Waals surface area contributed by atoms with E-state index in [9.17, 15) is 29.4 Å². The molecule has 1 aromatic carbocycles. The molecule has 10 N–H and O–H groups in total. The molecule has 2 unspecified atom stereocenters. The smallest absolute Gasteiger partial charge is 0.323 e. The number of aliphatic hydroxyl groups is 3. The first-order valence-corrected chi connectivity index (χ1v) is 20.4. The van der Waals surface area contributed by atoms with Gasteiger partial charge < -0.3 is 46.8 Å². The first-order valence-electron chi connectivity index (χ1n) is 20.4. The number of hydrogen-bond acceptors (Lipinski definition) is 9. The zero-order valence-electron chi connectivity index (χ0n) is 35.9. The molecule has 5 atom stereocenters. The van der Waals surface area contributed by atoms with E-state index in [0.717, 1.165) is 59.5 Å². The Hall–Kier alpha value is -3.62. The highest BCUT2D eigenvalue weighted by Gasteiger charge is 2.35. The summed E-state index contributed by atoms with van der Waals surface area (Å²) in [4.78, 5) is 42.5. The molecule has 0 bridgehead atoms. The van der Waals surface area contributed by atoms with Crippen LogP contribution in [0.25, 0.3) is 0 Å². The van der Waals surface area contributed by atoms with E-state index in [1.165, 1.54) is 56.9 Å². The minimum absolute atomic E-state index is 0.000230. The number of nitrogens with two attached hydrogens (primary N) is 1. The summed E-state index contributed by atoms with van der Waals surface area (Å²) >= 11 is 0. The third-order valence-electron chi connectivity index (χ3n) is 11.0. The van der Waals surface area contributed by atoms with Crippen molar-refractivity contribution in [1.29, 1.82) is 0 Å². The molecule has 2 aliphatic heterocycles. The maximum absolute atomic E-state index is 11.3. The molecule has 0 spiro atoms. The molecule has 0 aliphatic carbocycles. The number of fused-ring (bicyclic) bond motifs is 1. The van der Waals surface area contributed by atoms with E-state index in [0.29, 0.717) is 18.7 Å². The summed E-state index contributed by atoms with van der Waals surface area (Å²) in [6.45, 7) is 21.2. The largest absolute Gasteiger partial charge is 0.507 e. The van der Waals surface area contributed by atoms with Gasteiger partial charge in [0.2, 0.25) is 5.91 Å². The van der Waals surface area contributed by atoms with Crippen molar-refractivity contribution in [1.82, 2.24) is 21.3 Å². The molecule has 322 valence electrons. The summed E-state index contributed by atoms with van der Waals surface area (Å²) in [6.07, 6.45) is 12.2. The number of aliphatic hydroxyl groups excluding tert-OH is 3. The van der Waals surface area contributed by atoms with Crippen LogP contribution in [0.4, 0.5) is 9.59 Å². The Balaban J connectivity index is 0.000000514. The second-order valence-electron chi connectivity index (χ2n) is 17.3. The van der Waals surface area contributed by atoms with Crippen LogP contribution in [-0.4, -0.2) is 81.9 Å². The number of imide groups is 1. The van der Waals surface area contributed by atoms with Crippen LogP contribution in [0.2, 0.25) is 0 Å². The Bertz CT molecular complexity index is 1420. The number of nitrogens with one attached hydrogen (secondary N) is 4. The molecule has 0 radical (unpaired) electrons. The minimum atomic E-state index is -1.23. The Morgan fingerprint density at radius 3 is 2.00 bits per heavy atom. The molecule has 0 saturated carbocycles. The zero-order chi connectivity index (χ0) is 42.8. The van der Waals surface area contributed by atoms with E-state index >= 15 is 0 Å². The number of phenolic OH excluding ortho intramolecular Hbond substituents is 1. The van der Waals surface area contributed by atoms with E-state index in [1.54, 1.807) is 13.8 Å². The van der Waals surface area contributed by atoms with E-state index in [2.05, 4.69) is 52.2 Å². The van der Waals surface area contributed by atoms with Crippen molar-refractivity contribution < 1.29 is 44.3 Å². The first kappa shape index (κ1) is 50.4. The zero-order valence-corrected chi connectivity index (χ0v) is 35.9. The van der Waals surface area contributed by atoms with Crippen LogP contribution < -0.4 is 31.7 Å². The molecule has 1 saturated heterocycles. The quantitative estimate of drug-likeness (QED) is 0.0633. The summed E-state index contributed by atoms with van der Waals surface area (Å²) in [5, 5.41) is 45.8. The van der Waals surface area contributed by atoms with Crippen molar-refractivity contribution in [2.75, 3.05) is 19.8 Å². The fourth-order valence-electron chi connectivity index (χ4n) is 6.76. The van der Waals surface area contributed by atoms with Gasteiger partial charge in [0.15, 0.2) is 6.17 Å². The van der Waals surface area contributed by atoms with Gasteiger partial charge in [0.05, 0.1) is 6.61 Å². The lowest BCUT2D eigenvalue weighted by atomic mass is 9.84. The highest BCUT2D eigenvalue weighted by molar-refractivity contribution is 6.05.